The van der Waals surface area contributed by atoms with Gasteiger partial charge in [-0.25, -0.2) is 0 Å². The normalized spacial score (nSPS) is 45.6. The van der Waals surface area contributed by atoms with Crippen LogP contribution in [0.1, 0.15) is 58.3 Å². The Morgan fingerprint density at radius 2 is 2.10 bits per heavy atom. The van der Waals surface area contributed by atoms with Gasteiger partial charge in [-0.15, -0.1) is 0 Å². The van der Waals surface area contributed by atoms with Crippen LogP contribution in [0.4, 0.5) is 0 Å². The van der Waals surface area contributed by atoms with Crippen LogP contribution in [0, 0.1) is 23.2 Å². The van der Waals surface area contributed by atoms with E-state index in [1.54, 1.807) is 18.3 Å². The fraction of sp³-hybridized carbons (Fsp3) is 0.789. The van der Waals surface area contributed by atoms with Crippen molar-refractivity contribution >= 4 is 0 Å². The summed E-state index contributed by atoms with van der Waals surface area (Å²) >= 11 is 0. The fourth-order valence-corrected chi connectivity index (χ4v) is 6.02. The van der Waals surface area contributed by atoms with Crippen LogP contribution in [-0.2, 0) is 4.74 Å². The molecule has 0 saturated heterocycles. The molecule has 0 spiro atoms. The standard InChI is InChI=1S/C19H28O2/c1-19-10-9-15-14-6-4-13(21-2)11-12(14)3-5-16(15)17(19)7-8-18(19)20/h4,15-18,20H,3,5-11H2,1-2H3. The third kappa shape index (κ3) is 1.94. The smallest absolute Gasteiger partial charge is 0.0959 e. The monoisotopic (exact) mass is 288 g/mol. The number of hydrogen-bond donors (Lipinski definition) is 1. The average molecular weight is 288 g/mol. The first kappa shape index (κ1) is 13.9. The second-order valence-electron chi connectivity index (χ2n) is 7.94. The third-order valence-electron chi connectivity index (χ3n) is 7.27. The molecule has 116 valence electrons. The molecular weight excluding hydrogens is 260 g/mol. The van der Waals surface area contributed by atoms with Gasteiger partial charge in [0, 0.05) is 6.42 Å². The van der Waals surface area contributed by atoms with E-state index in [9.17, 15) is 5.11 Å². The number of fused-ring (bicyclic) bond motifs is 4. The van der Waals surface area contributed by atoms with Gasteiger partial charge in [0.1, 0.15) is 0 Å². The summed E-state index contributed by atoms with van der Waals surface area (Å²) < 4.78 is 5.47. The van der Waals surface area contributed by atoms with E-state index >= 15 is 0 Å². The molecular formula is C19H28O2. The SMILES string of the molecule is COC1=CCC2=C(CCC3C2CCC2(C)C(O)CCC32)C1. The summed E-state index contributed by atoms with van der Waals surface area (Å²) in [5.74, 6) is 3.56. The molecule has 0 radical (unpaired) electrons. The van der Waals surface area contributed by atoms with Crippen LogP contribution in [0.3, 0.4) is 0 Å². The quantitative estimate of drug-likeness (QED) is 0.733. The molecule has 0 aromatic rings. The highest BCUT2D eigenvalue weighted by Crippen LogP contribution is 2.61. The van der Waals surface area contributed by atoms with Gasteiger partial charge in [-0.2, -0.15) is 0 Å². The third-order valence-corrected chi connectivity index (χ3v) is 7.27. The van der Waals surface area contributed by atoms with Gasteiger partial charge in [-0.1, -0.05) is 18.1 Å². The number of aliphatic hydroxyl groups is 1. The van der Waals surface area contributed by atoms with E-state index in [-0.39, 0.29) is 11.5 Å². The van der Waals surface area contributed by atoms with Crippen LogP contribution in [0.15, 0.2) is 23.0 Å². The minimum atomic E-state index is -0.0508. The summed E-state index contributed by atoms with van der Waals surface area (Å²) in [6.07, 6.45) is 11.8. The Morgan fingerprint density at radius 1 is 1.24 bits per heavy atom. The lowest BCUT2D eigenvalue weighted by Crippen LogP contribution is -2.45. The first-order chi connectivity index (χ1) is 10.1. The van der Waals surface area contributed by atoms with Gasteiger partial charge in [-0.05, 0) is 74.2 Å². The highest BCUT2D eigenvalue weighted by Gasteiger charge is 2.54. The van der Waals surface area contributed by atoms with Crippen molar-refractivity contribution < 1.29 is 9.84 Å². The second-order valence-corrected chi connectivity index (χ2v) is 7.94. The number of methoxy groups -OCH3 is 1. The average Bonchev–Trinajstić information content (AvgIpc) is 2.82. The van der Waals surface area contributed by atoms with E-state index in [4.69, 9.17) is 4.74 Å². The molecule has 1 N–H and O–H groups in total. The lowest BCUT2D eigenvalue weighted by atomic mass is 9.54. The van der Waals surface area contributed by atoms with E-state index in [0.717, 1.165) is 37.0 Å². The van der Waals surface area contributed by atoms with Crippen LogP contribution in [-0.4, -0.2) is 18.3 Å². The Morgan fingerprint density at radius 3 is 2.90 bits per heavy atom. The van der Waals surface area contributed by atoms with Crippen LogP contribution in [0.25, 0.3) is 0 Å². The van der Waals surface area contributed by atoms with Crippen LogP contribution >= 0.6 is 0 Å². The molecule has 0 bridgehead atoms. The number of ether oxygens (including phenoxy) is 1. The molecule has 0 aromatic heterocycles. The molecule has 0 amide bonds. The van der Waals surface area contributed by atoms with Gasteiger partial charge in [0.25, 0.3) is 0 Å². The number of aliphatic hydroxyl groups excluding tert-OH is 1. The molecule has 4 aliphatic carbocycles. The molecule has 0 aromatic carbocycles. The Bertz CT molecular complexity index is 504. The molecule has 5 unspecified atom stereocenters. The van der Waals surface area contributed by atoms with E-state index in [1.165, 1.54) is 37.9 Å². The fourth-order valence-electron chi connectivity index (χ4n) is 6.02. The minimum Gasteiger partial charge on any atom is -0.501 e. The number of rotatable bonds is 1. The van der Waals surface area contributed by atoms with Gasteiger partial charge >= 0.3 is 0 Å². The van der Waals surface area contributed by atoms with Gasteiger partial charge in [0.2, 0.25) is 0 Å². The van der Waals surface area contributed by atoms with E-state index in [0.29, 0.717) is 0 Å². The minimum absolute atomic E-state index is 0.0508. The van der Waals surface area contributed by atoms with Crippen molar-refractivity contribution in [3.05, 3.63) is 23.0 Å². The molecule has 2 nitrogen and oxygen atoms in total. The maximum atomic E-state index is 10.4. The van der Waals surface area contributed by atoms with Crippen LogP contribution in [0.5, 0.6) is 0 Å². The number of allylic oxidation sites excluding steroid dienone is 3. The number of hydrogen-bond acceptors (Lipinski definition) is 2. The zero-order valence-corrected chi connectivity index (χ0v) is 13.4. The second kappa shape index (κ2) is 4.87. The Labute approximate surface area is 128 Å². The highest BCUT2D eigenvalue weighted by molar-refractivity contribution is 5.32. The maximum Gasteiger partial charge on any atom is 0.0959 e. The Balaban J connectivity index is 1.61. The summed E-state index contributed by atoms with van der Waals surface area (Å²) in [4.78, 5) is 0. The van der Waals surface area contributed by atoms with Crippen molar-refractivity contribution in [3.8, 4) is 0 Å². The topological polar surface area (TPSA) is 29.5 Å². The van der Waals surface area contributed by atoms with Crippen LogP contribution < -0.4 is 0 Å². The van der Waals surface area contributed by atoms with Crippen molar-refractivity contribution in [2.75, 3.05) is 7.11 Å². The molecule has 4 rings (SSSR count). The van der Waals surface area contributed by atoms with Crippen molar-refractivity contribution in [2.45, 2.75) is 64.4 Å². The molecule has 0 aliphatic heterocycles. The first-order valence-corrected chi connectivity index (χ1v) is 8.75. The van der Waals surface area contributed by atoms with Crippen molar-refractivity contribution in [1.82, 2.24) is 0 Å². The predicted octanol–water partition coefficient (Wildman–Crippen LogP) is 4.20. The van der Waals surface area contributed by atoms with Gasteiger partial charge in [0.05, 0.1) is 19.0 Å². The zero-order valence-electron chi connectivity index (χ0n) is 13.4. The Hall–Kier alpha value is -0.760. The lowest BCUT2D eigenvalue weighted by molar-refractivity contribution is -0.0312. The predicted molar refractivity (Wildman–Crippen MR) is 83.6 cm³/mol. The summed E-state index contributed by atoms with van der Waals surface area (Å²) in [5.41, 5.74) is 3.63. The van der Waals surface area contributed by atoms with Gasteiger partial charge < -0.3 is 9.84 Å². The van der Waals surface area contributed by atoms with E-state index in [2.05, 4.69) is 13.0 Å². The summed E-state index contributed by atoms with van der Waals surface area (Å²) in [7, 11) is 1.80. The highest BCUT2D eigenvalue weighted by atomic mass is 16.5. The zero-order chi connectivity index (χ0) is 14.6. The van der Waals surface area contributed by atoms with Crippen LogP contribution in [0.2, 0.25) is 0 Å². The maximum absolute atomic E-state index is 10.4. The van der Waals surface area contributed by atoms with Crippen molar-refractivity contribution in [3.63, 3.8) is 0 Å². The van der Waals surface area contributed by atoms with E-state index in [1.807, 2.05) is 0 Å². The molecule has 2 heteroatoms. The molecule has 4 aliphatic rings. The molecule has 2 saturated carbocycles. The molecule has 5 atom stereocenters. The summed E-state index contributed by atoms with van der Waals surface area (Å²) in [6, 6.07) is 0. The summed E-state index contributed by atoms with van der Waals surface area (Å²) in [5, 5.41) is 10.4. The first-order valence-electron chi connectivity index (χ1n) is 8.75. The molecule has 21 heavy (non-hydrogen) atoms. The summed E-state index contributed by atoms with van der Waals surface area (Å²) in [6.45, 7) is 2.36. The van der Waals surface area contributed by atoms with E-state index < -0.39 is 0 Å². The lowest BCUT2D eigenvalue weighted by Gasteiger charge is -2.51. The largest absolute Gasteiger partial charge is 0.501 e. The van der Waals surface area contributed by atoms with Gasteiger partial charge in [-0.3, -0.25) is 0 Å². The van der Waals surface area contributed by atoms with Gasteiger partial charge in [0.15, 0.2) is 0 Å². The Kier molecular flexibility index (Phi) is 3.22. The van der Waals surface area contributed by atoms with Crippen molar-refractivity contribution in [2.24, 2.45) is 23.2 Å². The molecule has 0 heterocycles. The molecule has 2 fully saturated rings. The van der Waals surface area contributed by atoms with Crippen molar-refractivity contribution in [1.29, 1.82) is 0 Å².